The number of hydrogen-bond donors (Lipinski definition) is 1. The fourth-order valence-electron chi connectivity index (χ4n) is 2.82. The molecular weight excluding hydrogens is 294 g/mol. The minimum Gasteiger partial charge on any atom is -0.334 e. The van der Waals surface area contributed by atoms with E-state index in [0.29, 0.717) is 5.89 Å². The fraction of sp³-hybridized carbons (Fsp3) is 0.294. The molecule has 1 N–H and O–H groups in total. The highest BCUT2D eigenvalue weighted by Gasteiger charge is 2.13. The van der Waals surface area contributed by atoms with Gasteiger partial charge >= 0.3 is 0 Å². The third kappa shape index (κ3) is 2.82. The highest BCUT2D eigenvalue weighted by Crippen LogP contribution is 2.23. The smallest absolute Gasteiger partial charge is 0.257 e. The van der Waals surface area contributed by atoms with E-state index in [4.69, 9.17) is 4.52 Å². The zero-order valence-electron chi connectivity index (χ0n) is 12.2. The zero-order chi connectivity index (χ0) is 14.8. The predicted octanol–water partition coefficient (Wildman–Crippen LogP) is 3.08. The molecule has 0 radical (unpaired) electrons. The molecule has 0 amide bonds. The quantitative estimate of drug-likeness (QED) is 0.807. The zero-order valence-corrected chi connectivity index (χ0v) is 13.0. The summed E-state index contributed by atoms with van der Waals surface area (Å²) in [6, 6.07) is 10.6. The Balaban J connectivity index is 1.59. The molecule has 3 aromatic rings. The van der Waals surface area contributed by atoms with Crippen LogP contribution in [0.1, 0.15) is 21.8 Å². The van der Waals surface area contributed by atoms with Gasteiger partial charge in [0.15, 0.2) is 5.82 Å². The van der Waals surface area contributed by atoms with Crippen LogP contribution in [0.15, 0.2) is 40.2 Å². The standard InChI is InChI=1S/C17H17N3OS/c1-2-15(22-9-1)11-16-19-17(21-20-16)14-4-3-12-5-7-18-8-6-13(12)10-14/h1-4,9-10,18H,5-8,11H2. The van der Waals surface area contributed by atoms with Gasteiger partial charge in [0.1, 0.15) is 0 Å². The number of aromatic nitrogens is 2. The van der Waals surface area contributed by atoms with Gasteiger partial charge < -0.3 is 9.84 Å². The van der Waals surface area contributed by atoms with Crippen LogP contribution >= 0.6 is 11.3 Å². The lowest BCUT2D eigenvalue weighted by molar-refractivity contribution is 0.424. The van der Waals surface area contributed by atoms with Crippen LogP contribution in [-0.2, 0) is 19.3 Å². The van der Waals surface area contributed by atoms with Crippen LogP contribution < -0.4 is 5.32 Å². The molecule has 4 rings (SSSR count). The van der Waals surface area contributed by atoms with Crippen molar-refractivity contribution in [1.82, 2.24) is 15.5 Å². The molecule has 0 saturated carbocycles. The van der Waals surface area contributed by atoms with E-state index in [9.17, 15) is 0 Å². The molecule has 3 heterocycles. The van der Waals surface area contributed by atoms with Crippen molar-refractivity contribution >= 4 is 11.3 Å². The molecule has 1 aromatic carbocycles. The van der Waals surface area contributed by atoms with Crippen LogP contribution in [0.5, 0.6) is 0 Å². The average molecular weight is 311 g/mol. The van der Waals surface area contributed by atoms with Crippen molar-refractivity contribution in [1.29, 1.82) is 0 Å². The Labute approximate surface area is 133 Å². The summed E-state index contributed by atoms with van der Waals surface area (Å²) in [5.74, 6) is 1.36. The fourth-order valence-corrected chi connectivity index (χ4v) is 3.52. The largest absolute Gasteiger partial charge is 0.334 e. The van der Waals surface area contributed by atoms with Crippen LogP contribution in [0.25, 0.3) is 11.5 Å². The Bertz CT molecular complexity index is 764. The van der Waals surface area contributed by atoms with Crippen molar-refractivity contribution in [2.45, 2.75) is 19.3 Å². The van der Waals surface area contributed by atoms with E-state index in [-0.39, 0.29) is 0 Å². The molecule has 2 aromatic heterocycles. The minimum atomic E-state index is 0.617. The number of fused-ring (bicyclic) bond motifs is 1. The lowest BCUT2D eigenvalue weighted by atomic mass is 10.00. The molecule has 0 fully saturated rings. The molecule has 0 unspecified atom stereocenters. The molecular formula is C17H17N3OS. The maximum atomic E-state index is 5.45. The molecule has 0 aliphatic carbocycles. The van der Waals surface area contributed by atoms with E-state index in [1.807, 2.05) is 6.07 Å². The van der Waals surface area contributed by atoms with Crippen molar-refractivity contribution in [3.8, 4) is 11.5 Å². The van der Waals surface area contributed by atoms with Gasteiger partial charge in [0, 0.05) is 16.9 Å². The molecule has 1 aliphatic heterocycles. The van der Waals surface area contributed by atoms with E-state index >= 15 is 0 Å². The second-order valence-corrected chi connectivity index (χ2v) is 6.54. The SMILES string of the molecule is c1csc(Cc2noc(-c3ccc4c(c3)CCNCC4)n2)c1. The maximum absolute atomic E-state index is 5.45. The second-order valence-electron chi connectivity index (χ2n) is 5.51. The van der Waals surface area contributed by atoms with Gasteiger partial charge in [-0.3, -0.25) is 0 Å². The number of rotatable bonds is 3. The third-order valence-corrected chi connectivity index (χ3v) is 4.85. The first-order valence-corrected chi connectivity index (χ1v) is 8.44. The van der Waals surface area contributed by atoms with Crippen molar-refractivity contribution < 1.29 is 4.52 Å². The van der Waals surface area contributed by atoms with Gasteiger partial charge in [-0.15, -0.1) is 11.3 Å². The summed E-state index contributed by atoms with van der Waals surface area (Å²) >= 11 is 1.72. The van der Waals surface area contributed by atoms with Crippen LogP contribution in [0, 0.1) is 0 Å². The van der Waals surface area contributed by atoms with E-state index < -0.39 is 0 Å². The number of benzene rings is 1. The molecule has 0 saturated heterocycles. The van der Waals surface area contributed by atoms with Gasteiger partial charge in [0.05, 0.1) is 0 Å². The van der Waals surface area contributed by atoms with Gasteiger partial charge in [-0.2, -0.15) is 4.98 Å². The lowest BCUT2D eigenvalue weighted by Crippen LogP contribution is -2.16. The van der Waals surface area contributed by atoms with E-state index in [0.717, 1.165) is 43.7 Å². The summed E-state index contributed by atoms with van der Waals surface area (Å²) in [5.41, 5.74) is 3.83. The first-order valence-electron chi connectivity index (χ1n) is 7.56. The van der Waals surface area contributed by atoms with Gasteiger partial charge in [-0.05, 0) is 60.6 Å². The molecule has 0 atom stereocenters. The molecule has 22 heavy (non-hydrogen) atoms. The topological polar surface area (TPSA) is 51.0 Å². The molecule has 0 bridgehead atoms. The van der Waals surface area contributed by atoms with Gasteiger partial charge in [0.2, 0.25) is 0 Å². The predicted molar refractivity (Wildman–Crippen MR) is 87.1 cm³/mol. The van der Waals surface area contributed by atoms with E-state index in [2.05, 4.69) is 45.1 Å². The third-order valence-electron chi connectivity index (χ3n) is 3.98. The molecule has 112 valence electrons. The number of nitrogens with zero attached hydrogens (tertiary/aromatic N) is 2. The van der Waals surface area contributed by atoms with Gasteiger partial charge in [0.25, 0.3) is 5.89 Å². The Morgan fingerprint density at radius 3 is 2.91 bits per heavy atom. The number of hydrogen-bond acceptors (Lipinski definition) is 5. The molecule has 1 aliphatic rings. The Morgan fingerprint density at radius 2 is 2.05 bits per heavy atom. The normalized spacial score (nSPS) is 14.5. The summed E-state index contributed by atoms with van der Waals surface area (Å²) in [6.07, 6.45) is 2.87. The van der Waals surface area contributed by atoms with Crippen LogP contribution in [0.3, 0.4) is 0 Å². The molecule has 5 heteroatoms. The summed E-state index contributed by atoms with van der Waals surface area (Å²) < 4.78 is 5.45. The summed E-state index contributed by atoms with van der Waals surface area (Å²) in [5, 5.41) is 9.60. The lowest BCUT2D eigenvalue weighted by Gasteiger charge is -2.05. The molecule has 0 spiro atoms. The Hall–Kier alpha value is -1.98. The highest BCUT2D eigenvalue weighted by molar-refractivity contribution is 7.09. The Kier molecular flexibility index (Phi) is 3.74. The van der Waals surface area contributed by atoms with Crippen LogP contribution in [0.2, 0.25) is 0 Å². The van der Waals surface area contributed by atoms with Gasteiger partial charge in [-0.1, -0.05) is 17.3 Å². The van der Waals surface area contributed by atoms with Crippen LogP contribution in [0.4, 0.5) is 0 Å². The van der Waals surface area contributed by atoms with E-state index in [1.54, 1.807) is 11.3 Å². The Morgan fingerprint density at radius 1 is 1.14 bits per heavy atom. The van der Waals surface area contributed by atoms with Crippen molar-refractivity contribution in [3.63, 3.8) is 0 Å². The van der Waals surface area contributed by atoms with E-state index in [1.165, 1.54) is 16.0 Å². The number of nitrogens with one attached hydrogen (secondary N) is 1. The first kappa shape index (κ1) is 13.7. The molecule has 4 nitrogen and oxygen atoms in total. The monoisotopic (exact) mass is 311 g/mol. The van der Waals surface area contributed by atoms with Gasteiger partial charge in [-0.25, -0.2) is 0 Å². The number of thiophene rings is 1. The first-order chi connectivity index (χ1) is 10.9. The van der Waals surface area contributed by atoms with Crippen molar-refractivity contribution in [2.24, 2.45) is 0 Å². The minimum absolute atomic E-state index is 0.617. The summed E-state index contributed by atoms with van der Waals surface area (Å²) in [6.45, 7) is 2.09. The second kappa shape index (κ2) is 6.02. The van der Waals surface area contributed by atoms with Crippen molar-refractivity contribution in [2.75, 3.05) is 13.1 Å². The van der Waals surface area contributed by atoms with Crippen molar-refractivity contribution in [3.05, 3.63) is 57.5 Å². The summed E-state index contributed by atoms with van der Waals surface area (Å²) in [7, 11) is 0. The van der Waals surface area contributed by atoms with Crippen LogP contribution in [-0.4, -0.2) is 23.2 Å². The average Bonchev–Trinajstić information content (AvgIpc) is 3.15. The summed E-state index contributed by atoms with van der Waals surface area (Å²) in [4.78, 5) is 5.79. The maximum Gasteiger partial charge on any atom is 0.257 e. The highest BCUT2D eigenvalue weighted by atomic mass is 32.1.